The second-order valence-electron chi connectivity index (χ2n) is 14.0. The summed E-state index contributed by atoms with van der Waals surface area (Å²) in [7, 11) is 0. The Kier molecular flexibility index (Phi) is 12.1. The molecule has 0 aliphatic heterocycles. The minimum Gasteiger partial charge on any atom is -0.377 e. The van der Waals surface area contributed by atoms with E-state index in [-0.39, 0.29) is 0 Å². The van der Waals surface area contributed by atoms with Crippen molar-refractivity contribution in [1.29, 1.82) is 0 Å². The Morgan fingerprint density at radius 2 is 0.397 bits per heavy atom. The number of hydrogen-bond acceptors (Lipinski definition) is 4. The van der Waals surface area contributed by atoms with Gasteiger partial charge in [-0.3, -0.25) is 0 Å². The summed E-state index contributed by atoms with van der Waals surface area (Å²) in [5, 5.41) is 50.3. The summed E-state index contributed by atoms with van der Waals surface area (Å²) in [5.74, 6) is 0. The molecule has 0 bridgehead atoms. The van der Waals surface area contributed by atoms with Gasteiger partial charge >= 0.3 is 0 Å². The normalized spacial score (nSPS) is 12.0. The quantitative estimate of drug-likeness (QED) is 0.111. The lowest BCUT2D eigenvalue weighted by Crippen LogP contribution is -2.51. The van der Waals surface area contributed by atoms with Crippen LogP contribution in [0.5, 0.6) is 0 Å². The van der Waals surface area contributed by atoms with Gasteiger partial charge in [0, 0.05) is 21.2 Å². The van der Waals surface area contributed by atoms with Crippen molar-refractivity contribution in [3.05, 3.63) is 285 Å². The van der Waals surface area contributed by atoms with Crippen molar-refractivity contribution in [2.45, 2.75) is 22.4 Å². The summed E-state index contributed by atoms with van der Waals surface area (Å²) >= 11 is 13.2. The van der Waals surface area contributed by atoms with Crippen molar-refractivity contribution in [3.8, 4) is 0 Å². The number of aliphatic hydroxyl groups is 4. The molecule has 8 aromatic rings. The van der Waals surface area contributed by atoms with Crippen LogP contribution in [-0.2, 0) is 22.4 Å². The van der Waals surface area contributed by atoms with E-state index in [0.717, 1.165) is 0 Å². The van der Waals surface area contributed by atoms with Crippen LogP contribution in [0.25, 0.3) is 0 Å². The van der Waals surface area contributed by atoms with E-state index in [1.807, 2.05) is 158 Å². The lowest BCUT2D eigenvalue weighted by atomic mass is 9.66. The van der Waals surface area contributed by atoms with E-state index in [0.29, 0.717) is 54.6 Å². The largest absolute Gasteiger partial charge is 0.377 e. The number of halogens is 2. The lowest BCUT2D eigenvalue weighted by molar-refractivity contribution is -0.113. The van der Waals surface area contributed by atoms with E-state index in [1.54, 1.807) is 72.8 Å². The van der Waals surface area contributed by atoms with Gasteiger partial charge in [0.25, 0.3) is 0 Å². The first-order chi connectivity index (χ1) is 28.2. The van der Waals surface area contributed by atoms with E-state index in [4.69, 9.17) is 23.2 Å². The third-order valence-electron chi connectivity index (χ3n) is 10.7. The van der Waals surface area contributed by atoms with Gasteiger partial charge in [-0.25, -0.2) is 0 Å². The van der Waals surface area contributed by atoms with Gasteiger partial charge in [-0.1, -0.05) is 242 Å². The summed E-state index contributed by atoms with van der Waals surface area (Å²) in [6.45, 7) is 0. The third kappa shape index (κ3) is 7.16. The molecule has 288 valence electrons. The number of benzene rings is 8. The summed E-state index contributed by atoms with van der Waals surface area (Å²) in [6, 6.07) is 69.5. The Bertz CT molecular complexity index is 2270. The predicted octanol–water partition coefficient (Wildman–Crippen LogP) is 11.0. The van der Waals surface area contributed by atoms with Gasteiger partial charge in [-0.2, -0.15) is 0 Å². The maximum absolute atomic E-state index is 12.5. The molecule has 8 aromatic carbocycles. The first-order valence-corrected chi connectivity index (χ1v) is 19.6. The molecule has 8 rings (SSSR count). The highest BCUT2D eigenvalue weighted by Crippen LogP contribution is 2.53. The molecule has 0 aromatic heterocycles. The van der Waals surface area contributed by atoms with Crippen LogP contribution in [0.1, 0.15) is 44.5 Å². The first-order valence-electron chi connectivity index (χ1n) is 18.9. The predicted molar refractivity (Wildman–Crippen MR) is 234 cm³/mol. The molecule has 4 N–H and O–H groups in total. The second kappa shape index (κ2) is 17.4. The topological polar surface area (TPSA) is 80.9 Å². The maximum Gasteiger partial charge on any atom is 0.154 e. The molecule has 0 saturated heterocycles. The smallest absolute Gasteiger partial charge is 0.154 e. The monoisotopic (exact) mass is 800 g/mol. The fraction of sp³-hybridized carbons (Fsp3) is 0.0769. The second-order valence-corrected chi connectivity index (χ2v) is 14.8. The highest BCUT2D eigenvalue weighted by atomic mass is 35.5. The van der Waals surface area contributed by atoms with Crippen LogP contribution in [0.15, 0.2) is 231 Å². The van der Waals surface area contributed by atoms with E-state index in [9.17, 15) is 20.4 Å². The molecular weight excluding hydrogens is 759 g/mol. The van der Waals surface area contributed by atoms with Crippen molar-refractivity contribution >= 4 is 23.2 Å². The van der Waals surface area contributed by atoms with Gasteiger partial charge < -0.3 is 20.4 Å². The van der Waals surface area contributed by atoms with Crippen LogP contribution in [0.3, 0.4) is 0 Å². The van der Waals surface area contributed by atoms with E-state index < -0.39 is 22.4 Å². The van der Waals surface area contributed by atoms with Gasteiger partial charge in [0.15, 0.2) is 22.4 Å². The van der Waals surface area contributed by atoms with Crippen LogP contribution in [0.4, 0.5) is 0 Å². The van der Waals surface area contributed by atoms with E-state index >= 15 is 0 Å². The van der Waals surface area contributed by atoms with Crippen LogP contribution < -0.4 is 0 Å². The molecule has 0 saturated carbocycles. The minimum atomic E-state index is -1.98. The molecule has 6 heteroatoms. The molecule has 0 aliphatic rings. The van der Waals surface area contributed by atoms with Gasteiger partial charge in [-0.05, 0) is 45.5 Å². The third-order valence-corrected chi connectivity index (χ3v) is 11.4. The average Bonchev–Trinajstić information content (AvgIpc) is 3.30. The standard InChI is InChI=1S/C26H20Cl2O2.C26H22O2/c27-23-17-9-7-15-21(23)26(30,22-16-8-10-18-24(22)28)25(29,19-11-3-1-4-12-19)20-13-5-2-6-14-20;27-25(21-13-5-1-6-14-21,22-15-7-2-8-16-22)26(28,23-17-9-3-10-18-23)24-19-11-4-12-20-24/h1-18,29-30H;1-20,27-28H. The SMILES string of the molecule is OC(c1ccccc1)(c1ccccc1)C(O)(c1ccccc1)c1ccccc1.OC(c1ccccc1)(c1ccccc1)C(O)(c1ccccc1Cl)c1ccccc1Cl. The maximum atomic E-state index is 12.5. The van der Waals surface area contributed by atoms with Gasteiger partial charge in [0.1, 0.15) is 0 Å². The Balaban J connectivity index is 0.000000177. The van der Waals surface area contributed by atoms with Gasteiger partial charge in [0.2, 0.25) is 0 Å². The summed E-state index contributed by atoms with van der Waals surface area (Å²) in [4.78, 5) is 0. The lowest BCUT2D eigenvalue weighted by Gasteiger charge is -2.45. The number of hydrogen-bond donors (Lipinski definition) is 4. The Hall–Kier alpha value is -5.82. The summed E-state index contributed by atoms with van der Waals surface area (Å²) in [6.07, 6.45) is 0. The fourth-order valence-electron chi connectivity index (χ4n) is 7.87. The van der Waals surface area contributed by atoms with Gasteiger partial charge in [0.05, 0.1) is 0 Å². The van der Waals surface area contributed by atoms with E-state index in [2.05, 4.69) is 0 Å². The zero-order valence-electron chi connectivity index (χ0n) is 31.5. The zero-order valence-corrected chi connectivity index (χ0v) is 33.0. The molecule has 4 nitrogen and oxygen atoms in total. The van der Waals surface area contributed by atoms with Crippen molar-refractivity contribution in [2.75, 3.05) is 0 Å². The molecule has 0 amide bonds. The molecule has 0 fully saturated rings. The first kappa shape index (κ1) is 40.4. The number of rotatable bonds is 10. The Morgan fingerprint density at radius 1 is 0.224 bits per heavy atom. The van der Waals surface area contributed by atoms with Gasteiger partial charge in [-0.15, -0.1) is 0 Å². The van der Waals surface area contributed by atoms with Crippen molar-refractivity contribution in [3.63, 3.8) is 0 Å². The summed E-state index contributed by atoms with van der Waals surface area (Å²) in [5.41, 5.74) is -3.03. The highest BCUT2D eigenvalue weighted by Gasteiger charge is 2.56. The Morgan fingerprint density at radius 3 is 0.603 bits per heavy atom. The van der Waals surface area contributed by atoms with Crippen LogP contribution in [-0.4, -0.2) is 20.4 Å². The Labute approximate surface area is 349 Å². The molecule has 0 unspecified atom stereocenters. The van der Waals surface area contributed by atoms with Crippen molar-refractivity contribution < 1.29 is 20.4 Å². The highest BCUT2D eigenvalue weighted by molar-refractivity contribution is 6.32. The molecule has 0 heterocycles. The molecule has 58 heavy (non-hydrogen) atoms. The average molecular weight is 802 g/mol. The molecular formula is C52H42Cl2O4. The molecule has 0 atom stereocenters. The molecule has 0 spiro atoms. The van der Waals surface area contributed by atoms with Crippen LogP contribution in [0.2, 0.25) is 10.0 Å². The fourth-order valence-corrected chi connectivity index (χ4v) is 8.42. The van der Waals surface area contributed by atoms with Crippen molar-refractivity contribution in [2.24, 2.45) is 0 Å². The molecule has 0 aliphatic carbocycles. The zero-order chi connectivity index (χ0) is 40.6. The summed E-state index contributed by atoms with van der Waals surface area (Å²) < 4.78 is 0. The minimum absolute atomic E-state index is 0.324. The van der Waals surface area contributed by atoms with Crippen LogP contribution in [0, 0.1) is 0 Å². The van der Waals surface area contributed by atoms with Crippen molar-refractivity contribution in [1.82, 2.24) is 0 Å². The molecule has 0 radical (unpaired) electrons. The van der Waals surface area contributed by atoms with Crippen LogP contribution >= 0.6 is 23.2 Å². The van der Waals surface area contributed by atoms with E-state index in [1.165, 1.54) is 0 Å².